The van der Waals surface area contributed by atoms with Crippen molar-refractivity contribution in [3.63, 3.8) is 0 Å². The number of carbonyl (C=O) groups excluding carboxylic acids is 1. The van der Waals surface area contributed by atoms with Gasteiger partial charge in [-0.25, -0.2) is 4.79 Å². The Hall–Kier alpha value is -3.22. The van der Waals surface area contributed by atoms with Crippen LogP contribution in [0.3, 0.4) is 0 Å². The van der Waals surface area contributed by atoms with Gasteiger partial charge in [-0.2, -0.15) is 4.99 Å². The number of hydrogen-bond donors (Lipinski definition) is 3. The van der Waals surface area contributed by atoms with Crippen molar-refractivity contribution >= 4 is 29.1 Å². The molecular formula is C22H26N4O3. The van der Waals surface area contributed by atoms with Gasteiger partial charge in [0.05, 0.1) is 11.4 Å². The molecule has 2 aromatic rings. The van der Waals surface area contributed by atoms with E-state index in [-0.39, 0.29) is 17.7 Å². The number of fused-ring (bicyclic) bond motifs is 2. The molecule has 0 radical (unpaired) electrons. The maximum absolute atomic E-state index is 11.9. The van der Waals surface area contributed by atoms with Crippen LogP contribution in [-0.4, -0.2) is 23.7 Å². The molecule has 4 rings (SSSR count). The largest absolute Gasteiger partial charge is 0.485 e. The van der Waals surface area contributed by atoms with Gasteiger partial charge < -0.3 is 25.4 Å². The number of urea groups is 1. The summed E-state index contributed by atoms with van der Waals surface area (Å²) in [7, 11) is 0. The fourth-order valence-electron chi connectivity index (χ4n) is 3.50. The second kappa shape index (κ2) is 7.31. The molecule has 2 aromatic carbocycles. The highest BCUT2D eigenvalue weighted by Gasteiger charge is 2.32. The van der Waals surface area contributed by atoms with Gasteiger partial charge in [0.15, 0.2) is 0 Å². The summed E-state index contributed by atoms with van der Waals surface area (Å²) in [4.78, 5) is 16.5. The van der Waals surface area contributed by atoms with Crippen molar-refractivity contribution in [3.8, 4) is 5.75 Å². The van der Waals surface area contributed by atoms with Crippen molar-refractivity contribution < 1.29 is 14.3 Å². The Balaban J connectivity index is 1.50. The number of carbonyl (C=O) groups is 1. The molecule has 0 unspecified atom stereocenters. The standard InChI is InChI=1S/C22H26N4O3/c1-13(2)23-20(27)24-16-8-9-17-15(10-16)12-28-21(25-17)26-18-7-5-6-14-11-22(3,4)29-19(14)18/h5-10,13H,11-12H2,1-4H3,(H,25,26)(H2,23,24,27). The van der Waals surface area contributed by atoms with Crippen molar-refractivity contribution in [1.29, 1.82) is 0 Å². The molecule has 7 nitrogen and oxygen atoms in total. The minimum atomic E-state index is -0.233. The minimum absolute atomic E-state index is 0.0724. The number of para-hydroxylation sites is 1. The van der Waals surface area contributed by atoms with E-state index in [2.05, 4.69) is 40.9 Å². The Morgan fingerprint density at radius 2 is 2.00 bits per heavy atom. The molecule has 0 atom stereocenters. The average Bonchev–Trinajstić information content (AvgIpc) is 2.96. The predicted octanol–water partition coefficient (Wildman–Crippen LogP) is 4.56. The van der Waals surface area contributed by atoms with Crippen molar-refractivity contribution in [2.75, 3.05) is 10.6 Å². The van der Waals surface area contributed by atoms with Crippen LogP contribution in [-0.2, 0) is 17.8 Å². The normalized spacial score (nSPS) is 16.1. The van der Waals surface area contributed by atoms with Crippen LogP contribution in [0.15, 0.2) is 41.4 Å². The number of hydrogen-bond acceptors (Lipinski definition) is 5. The van der Waals surface area contributed by atoms with Gasteiger partial charge in [-0.3, -0.25) is 0 Å². The van der Waals surface area contributed by atoms with E-state index in [1.165, 1.54) is 5.56 Å². The number of anilines is 2. The molecule has 3 N–H and O–H groups in total. The first-order valence-corrected chi connectivity index (χ1v) is 9.79. The molecule has 2 heterocycles. The second-order valence-electron chi connectivity index (χ2n) is 8.26. The second-order valence-corrected chi connectivity index (χ2v) is 8.26. The van der Waals surface area contributed by atoms with E-state index in [0.717, 1.165) is 29.1 Å². The molecule has 0 bridgehead atoms. The third-order valence-electron chi connectivity index (χ3n) is 4.68. The van der Waals surface area contributed by atoms with Crippen molar-refractivity contribution in [2.45, 2.75) is 52.4 Å². The molecule has 0 spiro atoms. The maximum atomic E-state index is 11.9. The van der Waals surface area contributed by atoms with E-state index < -0.39 is 0 Å². The monoisotopic (exact) mass is 394 g/mol. The number of amides is 2. The zero-order chi connectivity index (χ0) is 20.6. The zero-order valence-corrected chi connectivity index (χ0v) is 17.1. The Morgan fingerprint density at radius 3 is 2.79 bits per heavy atom. The number of nitrogens with zero attached hydrogens (tertiary/aromatic N) is 1. The summed E-state index contributed by atoms with van der Waals surface area (Å²) < 4.78 is 11.9. The number of ether oxygens (including phenoxy) is 2. The Labute approximate surface area is 170 Å². The first kappa shape index (κ1) is 19.1. The average molecular weight is 394 g/mol. The third-order valence-corrected chi connectivity index (χ3v) is 4.68. The van der Waals surface area contributed by atoms with E-state index in [4.69, 9.17) is 9.47 Å². The van der Waals surface area contributed by atoms with Crippen LogP contribution in [0.4, 0.5) is 21.9 Å². The lowest BCUT2D eigenvalue weighted by molar-refractivity contribution is 0.139. The van der Waals surface area contributed by atoms with Crippen LogP contribution >= 0.6 is 0 Å². The highest BCUT2D eigenvalue weighted by molar-refractivity contribution is 5.94. The molecule has 2 aliphatic rings. The lowest BCUT2D eigenvalue weighted by Crippen LogP contribution is -2.34. The topological polar surface area (TPSA) is 84.0 Å². The predicted molar refractivity (Wildman–Crippen MR) is 114 cm³/mol. The highest BCUT2D eigenvalue weighted by atomic mass is 16.5. The molecular weight excluding hydrogens is 368 g/mol. The van der Waals surface area contributed by atoms with Gasteiger partial charge in [-0.15, -0.1) is 0 Å². The van der Waals surface area contributed by atoms with Crippen LogP contribution in [0, 0.1) is 0 Å². The van der Waals surface area contributed by atoms with Crippen LogP contribution < -0.4 is 20.7 Å². The minimum Gasteiger partial charge on any atom is -0.485 e. The molecule has 152 valence electrons. The summed E-state index contributed by atoms with van der Waals surface area (Å²) in [5.74, 6) is 0.852. The van der Waals surface area contributed by atoms with E-state index in [9.17, 15) is 4.79 Å². The molecule has 0 aliphatic carbocycles. The fourth-order valence-corrected chi connectivity index (χ4v) is 3.50. The van der Waals surface area contributed by atoms with Crippen molar-refractivity contribution in [3.05, 3.63) is 47.5 Å². The van der Waals surface area contributed by atoms with E-state index >= 15 is 0 Å². The number of aliphatic imine (C=N–C) groups is 1. The summed E-state index contributed by atoms with van der Waals surface area (Å²) in [5.41, 5.74) is 4.23. The Bertz CT molecular complexity index is 982. The highest BCUT2D eigenvalue weighted by Crippen LogP contribution is 2.40. The van der Waals surface area contributed by atoms with Crippen LogP contribution in [0.5, 0.6) is 5.75 Å². The summed E-state index contributed by atoms with van der Waals surface area (Å²) >= 11 is 0. The summed E-state index contributed by atoms with van der Waals surface area (Å²) in [6, 6.07) is 11.9. The van der Waals surface area contributed by atoms with Crippen LogP contribution in [0.25, 0.3) is 0 Å². The Morgan fingerprint density at radius 1 is 1.17 bits per heavy atom. The molecule has 2 aliphatic heterocycles. The smallest absolute Gasteiger partial charge is 0.319 e. The van der Waals surface area contributed by atoms with Crippen LogP contribution in [0.1, 0.15) is 38.8 Å². The summed E-state index contributed by atoms with van der Waals surface area (Å²) in [6.45, 7) is 8.35. The maximum Gasteiger partial charge on any atom is 0.319 e. The molecule has 7 heteroatoms. The van der Waals surface area contributed by atoms with Gasteiger partial charge in [0.2, 0.25) is 0 Å². The van der Waals surface area contributed by atoms with Crippen molar-refractivity contribution in [1.82, 2.24) is 5.32 Å². The van der Waals surface area contributed by atoms with Gasteiger partial charge in [0.1, 0.15) is 18.0 Å². The summed E-state index contributed by atoms with van der Waals surface area (Å²) in [6.07, 6.45) is 0.869. The molecule has 0 saturated heterocycles. The number of rotatable bonds is 3. The first-order valence-electron chi connectivity index (χ1n) is 9.79. The third kappa shape index (κ3) is 4.29. The quantitative estimate of drug-likeness (QED) is 0.713. The Kier molecular flexibility index (Phi) is 4.82. The van der Waals surface area contributed by atoms with Crippen LogP contribution in [0.2, 0.25) is 0 Å². The van der Waals surface area contributed by atoms with Gasteiger partial charge in [0.25, 0.3) is 6.02 Å². The van der Waals surface area contributed by atoms with Gasteiger partial charge in [-0.05, 0) is 52.0 Å². The van der Waals surface area contributed by atoms with Gasteiger partial charge in [-0.1, -0.05) is 12.1 Å². The molecule has 0 fully saturated rings. The lowest BCUT2D eigenvalue weighted by Gasteiger charge is -2.21. The van der Waals surface area contributed by atoms with Gasteiger partial charge in [0, 0.05) is 29.3 Å². The molecule has 29 heavy (non-hydrogen) atoms. The SMILES string of the molecule is CC(C)NC(=O)Nc1ccc2c(c1)COC(Nc1cccc3c1OC(C)(C)C3)=N2. The van der Waals surface area contributed by atoms with E-state index in [0.29, 0.717) is 18.3 Å². The fraction of sp³-hybridized carbons (Fsp3) is 0.364. The molecule has 0 saturated carbocycles. The van der Waals surface area contributed by atoms with Crippen molar-refractivity contribution in [2.24, 2.45) is 4.99 Å². The number of amidine groups is 1. The number of benzene rings is 2. The van der Waals surface area contributed by atoms with Gasteiger partial charge >= 0.3 is 6.03 Å². The van der Waals surface area contributed by atoms with E-state index in [1.54, 1.807) is 0 Å². The lowest BCUT2D eigenvalue weighted by atomic mass is 10.0. The number of nitrogens with one attached hydrogen (secondary N) is 3. The molecule has 0 aromatic heterocycles. The van der Waals surface area contributed by atoms with E-state index in [1.807, 2.05) is 44.2 Å². The zero-order valence-electron chi connectivity index (χ0n) is 17.1. The molecule has 2 amide bonds. The first-order chi connectivity index (χ1) is 13.8. The summed E-state index contributed by atoms with van der Waals surface area (Å²) in [5, 5.41) is 8.88.